The molecular weight excluding hydrogens is 462 g/mol. The fraction of sp³-hybridized carbons (Fsp3) is 0.304. The number of sulfonamides is 1. The molecule has 1 aromatic heterocycles. The zero-order valence-electron chi connectivity index (χ0n) is 19.0. The van der Waals surface area contributed by atoms with Crippen LogP contribution in [0.4, 0.5) is 0 Å². The van der Waals surface area contributed by atoms with Crippen LogP contribution in [-0.2, 0) is 10.0 Å². The maximum atomic E-state index is 13.1. The maximum absolute atomic E-state index is 13.1. The second-order valence-corrected chi connectivity index (χ2v) is 9.75. The van der Waals surface area contributed by atoms with Crippen molar-refractivity contribution >= 4 is 26.9 Å². The van der Waals surface area contributed by atoms with Crippen molar-refractivity contribution in [1.29, 1.82) is 0 Å². The van der Waals surface area contributed by atoms with Crippen LogP contribution in [0.3, 0.4) is 0 Å². The van der Waals surface area contributed by atoms with E-state index < -0.39 is 15.9 Å². The van der Waals surface area contributed by atoms with Gasteiger partial charge in [0.25, 0.3) is 5.91 Å². The summed E-state index contributed by atoms with van der Waals surface area (Å²) >= 11 is 0. The van der Waals surface area contributed by atoms with Gasteiger partial charge in [-0.25, -0.2) is 8.42 Å². The SMILES string of the molecule is COc1ccc(S(=O)(=O)N2CCN(C(=O)c3c/c(=N/O)c4ccc(C)cc4o3)CC2)cc1OC. The number of carbonyl (C=O) groups excluding carboxylic acids is 1. The number of piperazine rings is 1. The predicted molar refractivity (Wildman–Crippen MR) is 123 cm³/mol. The smallest absolute Gasteiger partial charge is 0.289 e. The van der Waals surface area contributed by atoms with Crippen molar-refractivity contribution in [1.82, 2.24) is 9.21 Å². The fourth-order valence-electron chi connectivity index (χ4n) is 3.88. The minimum absolute atomic E-state index is 0.0158. The van der Waals surface area contributed by atoms with Gasteiger partial charge in [0.05, 0.1) is 19.1 Å². The Morgan fingerprint density at radius 3 is 2.35 bits per heavy atom. The third kappa shape index (κ3) is 4.31. The van der Waals surface area contributed by atoms with E-state index in [0.29, 0.717) is 22.5 Å². The van der Waals surface area contributed by atoms with Crippen LogP contribution >= 0.6 is 0 Å². The lowest BCUT2D eigenvalue weighted by Gasteiger charge is -2.33. The number of amides is 1. The molecule has 0 spiro atoms. The van der Waals surface area contributed by atoms with Gasteiger partial charge in [0.15, 0.2) is 17.3 Å². The highest BCUT2D eigenvalue weighted by molar-refractivity contribution is 7.89. The summed E-state index contributed by atoms with van der Waals surface area (Å²) in [7, 11) is -0.876. The third-order valence-electron chi connectivity index (χ3n) is 5.74. The molecule has 1 saturated heterocycles. The summed E-state index contributed by atoms with van der Waals surface area (Å²) in [5.41, 5.74) is 1.35. The molecule has 11 heteroatoms. The van der Waals surface area contributed by atoms with Gasteiger partial charge in [-0.3, -0.25) is 4.79 Å². The first kappa shape index (κ1) is 23.6. The highest BCUT2D eigenvalue weighted by Gasteiger charge is 2.32. The van der Waals surface area contributed by atoms with Crippen molar-refractivity contribution in [2.24, 2.45) is 5.16 Å². The van der Waals surface area contributed by atoms with Crippen LogP contribution in [0.2, 0.25) is 0 Å². The maximum Gasteiger partial charge on any atom is 0.289 e. The van der Waals surface area contributed by atoms with Gasteiger partial charge in [-0.1, -0.05) is 11.2 Å². The Kier molecular flexibility index (Phi) is 6.49. The van der Waals surface area contributed by atoms with Crippen LogP contribution in [-0.4, -0.2) is 69.1 Å². The molecule has 0 saturated carbocycles. The molecule has 0 bridgehead atoms. The molecule has 4 rings (SSSR count). The van der Waals surface area contributed by atoms with E-state index in [1.807, 2.05) is 13.0 Å². The predicted octanol–water partition coefficient (Wildman–Crippen LogP) is 2.20. The monoisotopic (exact) mass is 487 g/mol. The first-order valence-electron chi connectivity index (χ1n) is 10.5. The molecule has 180 valence electrons. The molecule has 0 unspecified atom stereocenters. The van der Waals surface area contributed by atoms with Crippen LogP contribution in [0.25, 0.3) is 11.0 Å². The molecule has 2 aromatic carbocycles. The first-order valence-corrected chi connectivity index (χ1v) is 12.0. The third-order valence-corrected chi connectivity index (χ3v) is 7.63. The Labute approximate surface area is 196 Å². The number of benzene rings is 2. The molecule has 0 aliphatic carbocycles. The summed E-state index contributed by atoms with van der Waals surface area (Å²) in [4.78, 5) is 14.7. The van der Waals surface area contributed by atoms with Gasteiger partial charge in [-0.05, 0) is 36.8 Å². The highest BCUT2D eigenvalue weighted by atomic mass is 32.2. The zero-order chi connectivity index (χ0) is 24.5. The molecule has 3 aromatic rings. The lowest BCUT2D eigenvalue weighted by atomic mass is 10.1. The van der Waals surface area contributed by atoms with Gasteiger partial charge in [0.2, 0.25) is 10.0 Å². The molecule has 1 amide bonds. The summed E-state index contributed by atoms with van der Waals surface area (Å²) in [6.45, 7) is 2.48. The summed E-state index contributed by atoms with van der Waals surface area (Å²) in [6, 6.07) is 11.2. The van der Waals surface area contributed by atoms with E-state index in [2.05, 4.69) is 5.16 Å². The zero-order valence-corrected chi connectivity index (χ0v) is 19.8. The molecule has 2 heterocycles. The Bertz CT molecular complexity index is 1410. The van der Waals surface area contributed by atoms with E-state index in [9.17, 15) is 18.4 Å². The largest absolute Gasteiger partial charge is 0.493 e. The number of fused-ring (bicyclic) bond motifs is 1. The minimum Gasteiger partial charge on any atom is -0.493 e. The molecule has 1 N–H and O–H groups in total. The Balaban J connectivity index is 1.53. The second kappa shape index (κ2) is 9.35. The van der Waals surface area contributed by atoms with Gasteiger partial charge in [-0.2, -0.15) is 4.31 Å². The number of aryl methyl sites for hydroxylation is 1. The lowest BCUT2D eigenvalue weighted by Crippen LogP contribution is -2.50. The van der Waals surface area contributed by atoms with Gasteiger partial charge < -0.3 is 24.0 Å². The fourth-order valence-corrected chi connectivity index (χ4v) is 5.32. The van der Waals surface area contributed by atoms with Gasteiger partial charge in [-0.15, -0.1) is 0 Å². The van der Waals surface area contributed by atoms with Crippen LogP contribution in [0.1, 0.15) is 16.1 Å². The van der Waals surface area contributed by atoms with Crippen molar-refractivity contribution in [3.8, 4) is 11.5 Å². The lowest BCUT2D eigenvalue weighted by molar-refractivity contribution is 0.0666. The van der Waals surface area contributed by atoms with Gasteiger partial charge in [0, 0.05) is 43.7 Å². The van der Waals surface area contributed by atoms with Crippen molar-refractivity contribution < 1.29 is 32.3 Å². The number of methoxy groups -OCH3 is 2. The quantitative estimate of drug-likeness (QED) is 0.432. The summed E-state index contributed by atoms with van der Waals surface area (Å²) in [6.07, 6.45) is 0. The van der Waals surface area contributed by atoms with Gasteiger partial charge >= 0.3 is 0 Å². The number of ether oxygens (including phenoxy) is 2. The summed E-state index contributed by atoms with van der Waals surface area (Å²) < 4.78 is 43.8. The number of rotatable bonds is 5. The van der Waals surface area contributed by atoms with E-state index in [4.69, 9.17) is 13.9 Å². The number of hydrogen-bond acceptors (Lipinski definition) is 8. The Hall–Kier alpha value is -3.57. The van der Waals surface area contributed by atoms with E-state index in [1.165, 1.54) is 47.7 Å². The average Bonchev–Trinajstić information content (AvgIpc) is 2.86. The van der Waals surface area contributed by atoms with E-state index >= 15 is 0 Å². The molecule has 1 fully saturated rings. The molecule has 1 aliphatic rings. The molecule has 0 radical (unpaired) electrons. The normalized spacial score (nSPS) is 15.5. The molecule has 1 aliphatic heterocycles. The number of nitrogens with zero attached hydrogens (tertiary/aromatic N) is 3. The van der Waals surface area contributed by atoms with Crippen LogP contribution < -0.4 is 14.8 Å². The minimum atomic E-state index is -3.79. The standard InChI is InChI=1S/C23H25N3O7S/c1-15-4-6-17-18(24-28)14-22(33-20(17)12-15)23(27)25-8-10-26(11-9-25)34(29,30)16-5-7-19(31-2)21(13-16)32-3/h4-7,12-14,28H,8-11H2,1-3H3/b24-18-. The van der Waals surface area contributed by atoms with Crippen molar-refractivity contribution in [3.05, 3.63) is 59.1 Å². The van der Waals surface area contributed by atoms with Crippen molar-refractivity contribution in [3.63, 3.8) is 0 Å². The topological polar surface area (TPSA) is 122 Å². The van der Waals surface area contributed by atoms with Crippen LogP contribution in [0, 0.1) is 6.92 Å². The van der Waals surface area contributed by atoms with E-state index in [1.54, 1.807) is 12.1 Å². The van der Waals surface area contributed by atoms with Crippen LogP contribution in [0.5, 0.6) is 11.5 Å². The van der Waals surface area contributed by atoms with E-state index in [0.717, 1.165) is 5.56 Å². The molecule has 10 nitrogen and oxygen atoms in total. The first-order chi connectivity index (χ1) is 16.3. The number of carbonyl (C=O) groups is 1. The molecule has 0 atom stereocenters. The molecular formula is C23H25N3O7S. The highest BCUT2D eigenvalue weighted by Crippen LogP contribution is 2.31. The second-order valence-electron chi connectivity index (χ2n) is 7.81. The molecule has 34 heavy (non-hydrogen) atoms. The summed E-state index contributed by atoms with van der Waals surface area (Å²) in [5, 5.41) is 13.5. The van der Waals surface area contributed by atoms with Crippen LogP contribution in [0.15, 0.2) is 56.9 Å². The Morgan fingerprint density at radius 2 is 1.71 bits per heavy atom. The average molecular weight is 488 g/mol. The van der Waals surface area contributed by atoms with Gasteiger partial charge in [0.1, 0.15) is 10.9 Å². The number of hydrogen-bond donors (Lipinski definition) is 1. The van der Waals surface area contributed by atoms with Crippen molar-refractivity contribution in [2.45, 2.75) is 11.8 Å². The summed E-state index contributed by atoms with van der Waals surface area (Å²) in [5.74, 6) is 0.356. The Morgan fingerprint density at radius 1 is 1.00 bits per heavy atom. The van der Waals surface area contributed by atoms with E-state index in [-0.39, 0.29) is 42.2 Å². The van der Waals surface area contributed by atoms with Crippen molar-refractivity contribution in [2.75, 3.05) is 40.4 Å².